The molecule has 0 spiro atoms. The van der Waals surface area contributed by atoms with E-state index in [1.165, 1.54) is 36.4 Å². The van der Waals surface area contributed by atoms with Gasteiger partial charge in [-0.2, -0.15) is 0 Å². The van der Waals surface area contributed by atoms with Gasteiger partial charge in [-0.05, 0) is 48.4 Å². The Kier molecular flexibility index (Phi) is 3.66. The molecule has 2 rings (SSSR count). The Morgan fingerprint density at radius 3 is 2.32 bits per heavy atom. The lowest BCUT2D eigenvalue weighted by Crippen LogP contribution is -2.06. The molecule has 19 heavy (non-hydrogen) atoms. The van der Waals surface area contributed by atoms with Crippen LogP contribution in [-0.4, -0.2) is 8.42 Å². The van der Waals surface area contributed by atoms with E-state index < -0.39 is 21.5 Å². The molecule has 0 N–H and O–H groups in total. The van der Waals surface area contributed by atoms with E-state index in [1.54, 1.807) is 6.92 Å². The van der Waals surface area contributed by atoms with Gasteiger partial charge in [-0.25, -0.2) is 17.2 Å². The number of hydrogen-bond acceptors (Lipinski definition) is 2. The van der Waals surface area contributed by atoms with E-state index in [2.05, 4.69) is 0 Å². The third-order valence-electron chi connectivity index (χ3n) is 2.81. The summed E-state index contributed by atoms with van der Waals surface area (Å²) in [7, 11) is -3.63. The van der Waals surface area contributed by atoms with Crippen molar-refractivity contribution < 1.29 is 17.2 Å². The number of rotatable bonds is 3. The van der Waals surface area contributed by atoms with Crippen molar-refractivity contribution in [2.45, 2.75) is 17.6 Å². The van der Waals surface area contributed by atoms with Crippen molar-refractivity contribution in [2.24, 2.45) is 0 Å². The van der Waals surface area contributed by atoms with Crippen LogP contribution in [0.1, 0.15) is 11.1 Å². The van der Waals surface area contributed by atoms with Crippen LogP contribution in [0.4, 0.5) is 8.78 Å². The molecule has 0 saturated carbocycles. The minimum atomic E-state index is -3.63. The highest BCUT2D eigenvalue weighted by Crippen LogP contribution is 2.20. The number of halogens is 2. The summed E-state index contributed by atoms with van der Waals surface area (Å²) in [6.07, 6.45) is 0. The van der Waals surface area contributed by atoms with Crippen molar-refractivity contribution in [2.75, 3.05) is 0 Å². The van der Waals surface area contributed by atoms with Gasteiger partial charge in [0.15, 0.2) is 9.84 Å². The van der Waals surface area contributed by atoms with Crippen LogP contribution in [-0.2, 0) is 15.6 Å². The molecule has 2 aromatic rings. The number of hydrogen-bond donors (Lipinski definition) is 0. The van der Waals surface area contributed by atoms with Gasteiger partial charge in [0.05, 0.1) is 10.6 Å². The summed E-state index contributed by atoms with van der Waals surface area (Å²) in [5, 5.41) is 0. The highest BCUT2D eigenvalue weighted by Gasteiger charge is 2.17. The molecule has 0 bridgehead atoms. The summed E-state index contributed by atoms with van der Waals surface area (Å²) in [6.45, 7) is 1.64. The summed E-state index contributed by atoms with van der Waals surface area (Å²) >= 11 is 0. The quantitative estimate of drug-likeness (QED) is 0.866. The van der Waals surface area contributed by atoms with Crippen molar-refractivity contribution in [3.63, 3.8) is 0 Å². The van der Waals surface area contributed by atoms with E-state index in [4.69, 9.17) is 0 Å². The summed E-state index contributed by atoms with van der Waals surface area (Å²) in [6, 6.07) is 8.77. The largest absolute Gasteiger partial charge is 0.223 e. The van der Waals surface area contributed by atoms with E-state index in [-0.39, 0.29) is 10.6 Å². The first kappa shape index (κ1) is 13.7. The fourth-order valence-electron chi connectivity index (χ4n) is 1.77. The monoisotopic (exact) mass is 282 g/mol. The Labute approximate surface area is 110 Å². The second-order valence-electron chi connectivity index (χ2n) is 4.29. The average molecular weight is 282 g/mol. The van der Waals surface area contributed by atoms with Gasteiger partial charge in [0.2, 0.25) is 0 Å². The van der Waals surface area contributed by atoms with Gasteiger partial charge in [0.25, 0.3) is 0 Å². The maximum Gasteiger partial charge on any atom is 0.182 e. The van der Waals surface area contributed by atoms with Crippen molar-refractivity contribution >= 4 is 9.84 Å². The minimum Gasteiger partial charge on any atom is -0.223 e. The molecule has 2 nitrogen and oxygen atoms in total. The maximum atomic E-state index is 13.1. The van der Waals surface area contributed by atoms with Crippen LogP contribution >= 0.6 is 0 Å². The molecule has 100 valence electrons. The van der Waals surface area contributed by atoms with Gasteiger partial charge in [-0.15, -0.1) is 0 Å². The molecule has 0 unspecified atom stereocenters. The standard InChI is InChI=1S/C14H12F2O2S/c1-10-7-13(16)6-5-11(10)9-19(17,18)14-4-2-3-12(15)8-14/h2-8H,9H2,1H3. The van der Waals surface area contributed by atoms with Crippen LogP contribution in [0.15, 0.2) is 47.4 Å². The normalized spacial score (nSPS) is 11.5. The molecule has 0 aliphatic carbocycles. The lowest BCUT2D eigenvalue weighted by molar-refractivity contribution is 0.589. The second kappa shape index (κ2) is 5.09. The lowest BCUT2D eigenvalue weighted by atomic mass is 10.1. The molecule has 2 aromatic carbocycles. The third kappa shape index (κ3) is 3.17. The van der Waals surface area contributed by atoms with Gasteiger partial charge < -0.3 is 0 Å². The Morgan fingerprint density at radius 2 is 1.68 bits per heavy atom. The van der Waals surface area contributed by atoms with Crippen LogP contribution in [0, 0.1) is 18.6 Å². The summed E-state index contributed by atoms with van der Waals surface area (Å²) < 4.78 is 50.3. The van der Waals surface area contributed by atoms with Crippen LogP contribution in [0.5, 0.6) is 0 Å². The van der Waals surface area contributed by atoms with Crippen molar-refractivity contribution in [1.29, 1.82) is 0 Å². The molecule has 0 fully saturated rings. The van der Waals surface area contributed by atoms with Gasteiger partial charge in [0.1, 0.15) is 11.6 Å². The number of benzene rings is 2. The van der Waals surface area contributed by atoms with Crippen LogP contribution in [0.3, 0.4) is 0 Å². The Morgan fingerprint density at radius 1 is 1.00 bits per heavy atom. The summed E-state index contributed by atoms with van der Waals surface area (Å²) in [5.41, 5.74) is 1.06. The summed E-state index contributed by atoms with van der Waals surface area (Å²) in [4.78, 5) is -0.0729. The molecule has 0 amide bonds. The molecular weight excluding hydrogens is 270 g/mol. The molecule has 0 aliphatic rings. The smallest absolute Gasteiger partial charge is 0.182 e. The van der Waals surface area contributed by atoms with E-state index >= 15 is 0 Å². The van der Waals surface area contributed by atoms with E-state index in [0.29, 0.717) is 11.1 Å². The lowest BCUT2D eigenvalue weighted by Gasteiger charge is -2.07. The fourth-order valence-corrected chi connectivity index (χ4v) is 3.25. The molecule has 0 heterocycles. The topological polar surface area (TPSA) is 34.1 Å². The average Bonchev–Trinajstić information content (AvgIpc) is 2.33. The van der Waals surface area contributed by atoms with Gasteiger partial charge in [-0.3, -0.25) is 0 Å². The van der Waals surface area contributed by atoms with E-state index in [1.807, 2.05) is 0 Å². The summed E-state index contributed by atoms with van der Waals surface area (Å²) in [5.74, 6) is -1.29. The van der Waals surface area contributed by atoms with Crippen LogP contribution in [0.25, 0.3) is 0 Å². The first-order chi connectivity index (χ1) is 8.88. The van der Waals surface area contributed by atoms with Gasteiger partial charge in [-0.1, -0.05) is 12.1 Å². The first-order valence-corrected chi connectivity index (χ1v) is 7.27. The third-order valence-corrected chi connectivity index (χ3v) is 4.47. The van der Waals surface area contributed by atoms with E-state index in [9.17, 15) is 17.2 Å². The van der Waals surface area contributed by atoms with E-state index in [0.717, 1.165) is 6.07 Å². The Hall–Kier alpha value is -1.75. The highest BCUT2D eigenvalue weighted by molar-refractivity contribution is 7.90. The molecule has 0 aromatic heterocycles. The highest BCUT2D eigenvalue weighted by atomic mass is 32.2. The Balaban J connectivity index is 2.36. The zero-order valence-electron chi connectivity index (χ0n) is 10.2. The predicted octanol–water partition coefficient (Wildman–Crippen LogP) is 3.25. The molecule has 0 radical (unpaired) electrons. The zero-order chi connectivity index (χ0) is 14.0. The van der Waals surface area contributed by atoms with Crippen LogP contribution < -0.4 is 0 Å². The molecular formula is C14H12F2O2S. The first-order valence-electron chi connectivity index (χ1n) is 5.62. The number of sulfone groups is 1. The van der Waals surface area contributed by atoms with Crippen molar-refractivity contribution in [3.8, 4) is 0 Å². The molecule has 0 saturated heterocycles. The van der Waals surface area contributed by atoms with Gasteiger partial charge in [0, 0.05) is 0 Å². The molecule has 0 atom stereocenters. The maximum absolute atomic E-state index is 13.1. The number of aryl methyl sites for hydroxylation is 1. The second-order valence-corrected chi connectivity index (χ2v) is 6.28. The molecule has 0 aliphatic heterocycles. The fraction of sp³-hybridized carbons (Fsp3) is 0.143. The zero-order valence-corrected chi connectivity index (χ0v) is 11.0. The SMILES string of the molecule is Cc1cc(F)ccc1CS(=O)(=O)c1cccc(F)c1. The van der Waals surface area contributed by atoms with Gasteiger partial charge >= 0.3 is 0 Å². The Bertz CT molecular complexity index is 709. The van der Waals surface area contributed by atoms with Crippen LogP contribution in [0.2, 0.25) is 0 Å². The predicted molar refractivity (Wildman–Crippen MR) is 68.4 cm³/mol. The molecule has 5 heteroatoms. The van der Waals surface area contributed by atoms with Crippen molar-refractivity contribution in [1.82, 2.24) is 0 Å². The minimum absolute atomic E-state index is 0.0729. The van der Waals surface area contributed by atoms with Crippen molar-refractivity contribution in [3.05, 3.63) is 65.2 Å².